The summed E-state index contributed by atoms with van der Waals surface area (Å²) < 4.78 is 64.7. The molecule has 0 aliphatic carbocycles. The van der Waals surface area contributed by atoms with Gasteiger partial charge in [0.15, 0.2) is 0 Å². The number of amides is 1. The van der Waals surface area contributed by atoms with E-state index in [9.17, 15) is 18.0 Å². The van der Waals surface area contributed by atoms with Gasteiger partial charge in [-0.15, -0.1) is 13.2 Å². The molecule has 0 saturated carbocycles. The number of carbonyl (C=O) groups is 1. The van der Waals surface area contributed by atoms with Crippen molar-refractivity contribution in [3.63, 3.8) is 0 Å². The average Bonchev–Trinajstić information content (AvgIpc) is 2.86. The van der Waals surface area contributed by atoms with Gasteiger partial charge in [0.2, 0.25) is 0 Å². The largest absolute Gasteiger partial charge is 0.573 e. The molecule has 3 aromatic rings. The van der Waals surface area contributed by atoms with Gasteiger partial charge in [-0.2, -0.15) is 0 Å². The summed E-state index contributed by atoms with van der Waals surface area (Å²) in [4.78, 5) is 62.8. The Balaban J connectivity index is 0.000000613. The molecular weight excluding hydrogens is 649 g/mol. The van der Waals surface area contributed by atoms with Crippen molar-refractivity contribution in [2.24, 2.45) is 0 Å². The third kappa shape index (κ3) is 15.0. The maximum absolute atomic E-state index is 13.0. The molecule has 1 aliphatic heterocycles. The van der Waals surface area contributed by atoms with Gasteiger partial charge in [0.1, 0.15) is 11.6 Å². The smallest absolute Gasteiger partial charge is 0.406 e. The number of halogens is 3. The number of hydrogen-bond acceptors (Lipinski definition) is 7. The molecule has 2 unspecified atom stereocenters. The normalized spacial score (nSPS) is 16.8. The fourth-order valence-electron chi connectivity index (χ4n) is 4.24. The molecular formula is C26H32F3N3O11P2. The Hall–Kier alpha value is -3.37. The molecule has 1 aromatic heterocycles. The van der Waals surface area contributed by atoms with Gasteiger partial charge in [0.05, 0.1) is 24.1 Å². The van der Waals surface area contributed by atoms with E-state index in [4.69, 9.17) is 43.2 Å². The molecule has 1 saturated heterocycles. The Bertz CT molecular complexity index is 1470. The van der Waals surface area contributed by atoms with E-state index >= 15 is 0 Å². The number of nitrogens with one attached hydrogen (secondary N) is 1. The molecule has 7 N–H and O–H groups in total. The minimum Gasteiger partial charge on any atom is -0.406 e. The fourth-order valence-corrected chi connectivity index (χ4v) is 4.24. The molecule has 2 heterocycles. The molecule has 2 aromatic carbocycles. The van der Waals surface area contributed by atoms with Gasteiger partial charge in [-0.3, -0.25) is 4.79 Å². The summed E-state index contributed by atoms with van der Waals surface area (Å²) in [5, 5.41) is 2.87. The first kappa shape index (κ1) is 37.8. The molecule has 1 fully saturated rings. The summed E-state index contributed by atoms with van der Waals surface area (Å²) in [5.41, 5.74) is 3.13. The van der Waals surface area contributed by atoms with Gasteiger partial charge < -0.3 is 49.1 Å². The highest BCUT2D eigenvalue weighted by Gasteiger charge is 2.31. The van der Waals surface area contributed by atoms with E-state index in [0.29, 0.717) is 22.4 Å². The van der Waals surface area contributed by atoms with E-state index in [-0.39, 0.29) is 23.9 Å². The molecule has 248 valence electrons. The number of rotatable bonds is 5. The summed E-state index contributed by atoms with van der Waals surface area (Å²) in [7, 11) is -9.28. The van der Waals surface area contributed by atoms with Crippen molar-refractivity contribution in [1.29, 1.82) is 0 Å². The second kappa shape index (κ2) is 15.8. The van der Waals surface area contributed by atoms with E-state index in [1.54, 1.807) is 25.3 Å². The topological polar surface area (TPSA) is 219 Å². The van der Waals surface area contributed by atoms with Crippen LogP contribution >= 0.6 is 15.6 Å². The van der Waals surface area contributed by atoms with Crippen LogP contribution in [0.25, 0.3) is 11.1 Å². The number of nitrogens with zero attached hydrogens (tertiary/aromatic N) is 2. The van der Waals surface area contributed by atoms with Crippen LogP contribution in [0.2, 0.25) is 0 Å². The highest BCUT2D eigenvalue weighted by Crippen LogP contribution is 2.30. The van der Waals surface area contributed by atoms with Crippen molar-refractivity contribution in [1.82, 2.24) is 4.98 Å². The van der Waals surface area contributed by atoms with Crippen LogP contribution in [0.3, 0.4) is 0 Å². The van der Waals surface area contributed by atoms with Crippen LogP contribution < -0.4 is 15.0 Å². The number of phosphoric acid groups is 2. The second-order valence-electron chi connectivity index (χ2n) is 9.60. The molecule has 4 rings (SSSR count). The number of alkyl halides is 3. The minimum atomic E-state index is -4.75. The maximum Gasteiger partial charge on any atom is 0.573 e. The number of morpholine rings is 1. The zero-order valence-electron chi connectivity index (χ0n) is 24.0. The Morgan fingerprint density at radius 3 is 1.93 bits per heavy atom. The number of pyridine rings is 1. The first-order valence-electron chi connectivity index (χ1n) is 12.8. The standard InChI is InChI=1S/C26H26F3N3O3.2H3O4P/c1-16-14-32(15-17(2)34-16)24-12-9-20(13-30-24)31-25(33)23-6-4-5-22(18(23)3)19-7-10-21(11-8-19)35-26(27,28)29;2*1-5(2,3)4/h4-13,16-17H,14-15H2,1-3H3,(H,31,33);2*(H3,1,2,3,4). The number of carbonyl (C=O) groups excluding carboxylic acids is 1. The lowest BCUT2D eigenvalue weighted by Crippen LogP contribution is -2.45. The van der Waals surface area contributed by atoms with Crippen molar-refractivity contribution in [3.05, 3.63) is 71.9 Å². The van der Waals surface area contributed by atoms with E-state index in [2.05, 4.69) is 19.9 Å². The van der Waals surface area contributed by atoms with E-state index in [1.165, 1.54) is 24.3 Å². The predicted molar refractivity (Wildman–Crippen MR) is 156 cm³/mol. The van der Waals surface area contributed by atoms with Gasteiger partial charge in [-0.1, -0.05) is 24.3 Å². The summed E-state index contributed by atoms with van der Waals surface area (Å²) in [6.45, 7) is 7.35. The van der Waals surface area contributed by atoms with Crippen molar-refractivity contribution in [2.75, 3.05) is 23.3 Å². The Labute approximate surface area is 255 Å². The van der Waals surface area contributed by atoms with Crippen LogP contribution in [0.15, 0.2) is 60.8 Å². The first-order valence-corrected chi connectivity index (χ1v) is 15.9. The monoisotopic (exact) mass is 681 g/mol. The minimum absolute atomic E-state index is 0.114. The van der Waals surface area contributed by atoms with Crippen molar-refractivity contribution in [3.8, 4) is 16.9 Å². The molecule has 19 heteroatoms. The molecule has 45 heavy (non-hydrogen) atoms. The molecule has 14 nitrogen and oxygen atoms in total. The van der Waals surface area contributed by atoms with Gasteiger partial charge in [0, 0.05) is 18.7 Å². The number of anilines is 2. The molecule has 0 spiro atoms. The zero-order valence-corrected chi connectivity index (χ0v) is 25.8. The van der Waals surface area contributed by atoms with E-state index < -0.39 is 22.0 Å². The van der Waals surface area contributed by atoms with Gasteiger partial charge >= 0.3 is 22.0 Å². The van der Waals surface area contributed by atoms with E-state index in [1.807, 2.05) is 32.0 Å². The van der Waals surface area contributed by atoms with Crippen LogP contribution in [0.5, 0.6) is 5.75 Å². The van der Waals surface area contributed by atoms with Crippen molar-refractivity contribution in [2.45, 2.75) is 39.3 Å². The lowest BCUT2D eigenvalue weighted by molar-refractivity contribution is -0.274. The van der Waals surface area contributed by atoms with Gasteiger partial charge in [0.25, 0.3) is 5.91 Å². The van der Waals surface area contributed by atoms with Crippen molar-refractivity contribution < 1.29 is 65.9 Å². The number of benzene rings is 2. The third-order valence-electron chi connectivity index (χ3n) is 5.73. The molecule has 1 amide bonds. The molecule has 2 atom stereocenters. The molecule has 0 bridgehead atoms. The Kier molecular flexibility index (Phi) is 13.2. The quantitative estimate of drug-likeness (QED) is 0.190. The molecule has 1 aliphatic rings. The summed E-state index contributed by atoms with van der Waals surface area (Å²) in [5.74, 6) is 0.218. The van der Waals surface area contributed by atoms with Crippen LogP contribution in [0.1, 0.15) is 29.8 Å². The lowest BCUT2D eigenvalue weighted by atomic mass is 9.96. The Morgan fingerprint density at radius 1 is 0.933 bits per heavy atom. The summed E-state index contributed by atoms with van der Waals surface area (Å²) in [6, 6.07) is 14.5. The summed E-state index contributed by atoms with van der Waals surface area (Å²) in [6.07, 6.45) is -2.90. The predicted octanol–water partition coefficient (Wildman–Crippen LogP) is 3.96. The second-order valence-corrected chi connectivity index (χ2v) is 11.7. The van der Waals surface area contributed by atoms with Gasteiger partial charge in [-0.05, 0) is 67.8 Å². The molecule has 0 radical (unpaired) electrons. The number of hydrogen-bond donors (Lipinski definition) is 7. The number of ether oxygens (including phenoxy) is 2. The van der Waals surface area contributed by atoms with Crippen LogP contribution in [0, 0.1) is 6.92 Å². The summed E-state index contributed by atoms with van der Waals surface area (Å²) >= 11 is 0. The third-order valence-corrected chi connectivity index (χ3v) is 5.73. The lowest BCUT2D eigenvalue weighted by Gasteiger charge is -2.36. The Morgan fingerprint density at radius 2 is 1.47 bits per heavy atom. The SMILES string of the molecule is Cc1c(C(=O)Nc2ccc(N3CC(C)OC(C)C3)nc2)cccc1-c1ccc(OC(F)(F)F)cc1.O=P(O)(O)O.O=P(O)(O)O. The van der Waals surface area contributed by atoms with Gasteiger partial charge in [-0.25, -0.2) is 14.1 Å². The zero-order chi connectivity index (χ0) is 34.2. The maximum atomic E-state index is 13.0. The van der Waals surface area contributed by atoms with E-state index in [0.717, 1.165) is 24.5 Å². The highest BCUT2D eigenvalue weighted by molar-refractivity contribution is 7.45. The first-order chi connectivity index (χ1) is 20.6. The van der Waals surface area contributed by atoms with Crippen LogP contribution in [-0.4, -0.2) is 71.9 Å². The fraction of sp³-hybridized carbons (Fsp3) is 0.308. The van der Waals surface area contributed by atoms with Crippen LogP contribution in [-0.2, 0) is 13.9 Å². The van der Waals surface area contributed by atoms with Crippen LogP contribution in [0.4, 0.5) is 24.7 Å². The van der Waals surface area contributed by atoms with Crippen molar-refractivity contribution >= 4 is 33.1 Å². The highest BCUT2D eigenvalue weighted by atomic mass is 31.2. The number of aromatic nitrogens is 1. The average molecular weight is 681 g/mol.